The summed E-state index contributed by atoms with van der Waals surface area (Å²) in [5.74, 6) is 0. The van der Waals surface area contributed by atoms with Crippen molar-refractivity contribution in [2.75, 3.05) is 6.54 Å². The molecule has 1 aromatic carbocycles. The third kappa shape index (κ3) is 2.98. The number of nitro groups is 1. The average molecular weight is 271 g/mol. The normalized spacial score (nSPS) is 17.2. The molecule has 2 N–H and O–H groups in total. The first kappa shape index (κ1) is 13.3. The lowest BCUT2D eigenvalue weighted by Gasteiger charge is -2.36. The molecule has 0 bridgehead atoms. The Morgan fingerprint density at radius 1 is 1.50 bits per heavy atom. The van der Waals surface area contributed by atoms with Gasteiger partial charge in [-0.1, -0.05) is 11.6 Å². The van der Waals surface area contributed by atoms with Crippen LogP contribution in [0.15, 0.2) is 18.2 Å². The molecular weight excluding hydrogens is 256 g/mol. The third-order valence-electron chi connectivity index (χ3n) is 3.29. The number of aliphatic hydroxyl groups is 1. The summed E-state index contributed by atoms with van der Waals surface area (Å²) in [7, 11) is 0. The van der Waals surface area contributed by atoms with E-state index in [1.165, 1.54) is 12.1 Å². The van der Waals surface area contributed by atoms with Crippen LogP contribution in [0.1, 0.15) is 24.8 Å². The largest absolute Gasteiger partial charge is 0.389 e. The van der Waals surface area contributed by atoms with E-state index in [1.807, 2.05) is 0 Å². The molecule has 0 spiro atoms. The van der Waals surface area contributed by atoms with Crippen LogP contribution in [0.3, 0.4) is 0 Å². The van der Waals surface area contributed by atoms with Crippen LogP contribution in [0.25, 0.3) is 0 Å². The van der Waals surface area contributed by atoms with Crippen molar-refractivity contribution in [2.24, 2.45) is 0 Å². The molecule has 5 nitrogen and oxygen atoms in total. The van der Waals surface area contributed by atoms with Gasteiger partial charge in [0.25, 0.3) is 5.69 Å². The maximum absolute atomic E-state index is 10.8. The number of benzene rings is 1. The van der Waals surface area contributed by atoms with Gasteiger partial charge in [0.1, 0.15) is 0 Å². The Kier molecular flexibility index (Phi) is 3.85. The van der Waals surface area contributed by atoms with Crippen molar-refractivity contribution in [1.29, 1.82) is 0 Å². The average Bonchev–Trinajstić information content (AvgIpc) is 2.26. The molecule has 1 aromatic rings. The van der Waals surface area contributed by atoms with Gasteiger partial charge in [-0.15, -0.1) is 0 Å². The molecule has 18 heavy (non-hydrogen) atoms. The van der Waals surface area contributed by atoms with E-state index in [0.29, 0.717) is 23.7 Å². The molecule has 1 fully saturated rings. The molecule has 0 heterocycles. The zero-order valence-corrected chi connectivity index (χ0v) is 10.6. The van der Waals surface area contributed by atoms with E-state index in [4.69, 9.17) is 11.6 Å². The summed E-state index contributed by atoms with van der Waals surface area (Å²) < 4.78 is 0. The maximum atomic E-state index is 10.8. The van der Waals surface area contributed by atoms with E-state index in [-0.39, 0.29) is 5.69 Å². The molecule has 1 aliphatic carbocycles. The van der Waals surface area contributed by atoms with Gasteiger partial charge >= 0.3 is 0 Å². The maximum Gasteiger partial charge on any atom is 0.273 e. The molecular formula is C12H15ClN2O3. The Labute approximate surface area is 110 Å². The van der Waals surface area contributed by atoms with E-state index in [1.54, 1.807) is 6.07 Å². The van der Waals surface area contributed by atoms with Gasteiger partial charge in [0.2, 0.25) is 0 Å². The van der Waals surface area contributed by atoms with Crippen LogP contribution in [0, 0.1) is 10.1 Å². The van der Waals surface area contributed by atoms with Gasteiger partial charge in [0.05, 0.1) is 10.5 Å². The number of hydrogen-bond acceptors (Lipinski definition) is 4. The van der Waals surface area contributed by atoms with Crippen molar-refractivity contribution in [1.82, 2.24) is 5.32 Å². The summed E-state index contributed by atoms with van der Waals surface area (Å²) in [5.41, 5.74) is -0.0456. The molecule has 0 radical (unpaired) electrons. The minimum atomic E-state index is -0.632. The molecule has 1 saturated carbocycles. The van der Waals surface area contributed by atoms with Crippen molar-refractivity contribution >= 4 is 17.3 Å². The van der Waals surface area contributed by atoms with Crippen LogP contribution in [-0.4, -0.2) is 22.2 Å². The Morgan fingerprint density at radius 3 is 2.78 bits per heavy atom. The Bertz CT molecular complexity index is 461. The highest BCUT2D eigenvalue weighted by atomic mass is 35.5. The smallest absolute Gasteiger partial charge is 0.273 e. The van der Waals surface area contributed by atoms with Crippen molar-refractivity contribution in [2.45, 2.75) is 31.4 Å². The molecule has 0 aromatic heterocycles. The topological polar surface area (TPSA) is 75.4 Å². The van der Waals surface area contributed by atoms with E-state index in [0.717, 1.165) is 19.3 Å². The third-order valence-corrected chi connectivity index (χ3v) is 3.53. The van der Waals surface area contributed by atoms with Crippen LogP contribution in [0.2, 0.25) is 5.02 Å². The van der Waals surface area contributed by atoms with Crippen LogP contribution in [-0.2, 0) is 6.54 Å². The van der Waals surface area contributed by atoms with Gasteiger partial charge in [0, 0.05) is 29.7 Å². The number of rotatable bonds is 5. The molecule has 0 aliphatic heterocycles. The van der Waals surface area contributed by atoms with Gasteiger partial charge in [-0.05, 0) is 31.4 Å². The highest BCUT2D eigenvalue weighted by Crippen LogP contribution is 2.31. The Morgan fingerprint density at radius 2 is 2.22 bits per heavy atom. The first-order chi connectivity index (χ1) is 8.50. The van der Waals surface area contributed by atoms with Gasteiger partial charge < -0.3 is 10.4 Å². The minimum absolute atomic E-state index is 0.0486. The predicted molar refractivity (Wildman–Crippen MR) is 68.6 cm³/mol. The summed E-state index contributed by atoms with van der Waals surface area (Å²) in [5, 5.41) is 24.3. The van der Waals surface area contributed by atoms with Gasteiger partial charge in [-0.2, -0.15) is 0 Å². The summed E-state index contributed by atoms with van der Waals surface area (Å²) in [6.45, 7) is 0.788. The summed E-state index contributed by atoms with van der Waals surface area (Å²) >= 11 is 5.83. The van der Waals surface area contributed by atoms with E-state index in [9.17, 15) is 15.2 Å². The van der Waals surface area contributed by atoms with Crippen LogP contribution < -0.4 is 5.32 Å². The van der Waals surface area contributed by atoms with Gasteiger partial charge in [0.15, 0.2) is 0 Å². The zero-order valence-electron chi connectivity index (χ0n) is 9.86. The number of halogens is 1. The van der Waals surface area contributed by atoms with Crippen LogP contribution in [0.4, 0.5) is 5.69 Å². The van der Waals surface area contributed by atoms with E-state index in [2.05, 4.69) is 5.32 Å². The van der Waals surface area contributed by atoms with Gasteiger partial charge in [-0.3, -0.25) is 10.1 Å². The Hall–Kier alpha value is -1.17. The van der Waals surface area contributed by atoms with E-state index >= 15 is 0 Å². The van der Waals surface area contributed by atoms with Gasteiger partial charge in [-0.25, -0.2) is 0 Å². The Balaban J connectivity index is 1.99. The summed E-state index contributed by atoms with van der Waals surface area (Å²) in [4.78, 5) is 10.4. The fraction of sp³-hybridized carbons (Fsp3) is 0.500. The second kappa shape index (κ2) is 5.22. The lowest BCUT2D eigenvalue weighted by Crippen LogP contribution is -2.46. The fourth-order valence-corrected chi connectivity index (χ4v) is 2.26. The molecule has 1 aliphatic rings. The number of hydrogen-bond donors (Lipinski definition) is 2. The van der Waals surface area contributed by atoms with Crippen LogP contribution in [0.5, 0.6) is 0 Å². The van der Waals surface area contributed by atoms with Crippen molar-refractivity contribution in [3.8, 4) is 0 Å². The van der Waals surface area contributed by atoms with E-state index < -0.39 is 10.5 Å². The summed E-state index contributed by atoms with van der Waals surface area (Å²) in [6, 6.07) is 4.48. The monoisotopic (exact) mass is 270 g/mol. The second-order valence-electron chi connectivity index (χ2n) is 4.71. The lowest BCUT2D eigenvalue weighted by atomic mass is 9.80. The quantitative estimate of drug-likeness (QED) is 0.636. The minimum Gasteiger partial charge on any atom is -0.389 e. The predicted octanol–water partition coefficient (Wildman–Crippen LogP) is 2.25. The van der Waals surface area contributed by atoms with Crippen LogP contribution >= 0.6 is 11.6 Å². The standard InChI is InChI=1S/C12H15ClN2O3/c13-10-2-3-11(15(17)18)9(6-10)7-14-8-12(16)4-1-5-12/h2-3,6,14,16H,1,4-5,7-8H2. The lowest BCUT2D eigenvalue weighted by molar-refractivity contribution is -0.385. The summed E-state index contributed by atoms with van der Waals surface area (Å²) in [6.07, 6.45) is 2.62. The molecule has 2 rings (SSSR count). The molecule has 98 valence electrons. The second-order valence-corrected chi connectivity index (χ2v) is 5.15. The first-order valence-electron chi connectivity index (χ1n) is 5.86. The fourth-order valence-electron chi connectivity index (χ4n) is 2.07. The van der Waals surface area contributed by atoms with Crippen molar-refractivity contribution in [3.63, 3.8) is 0 Å². The number of nitro benzene ring substituents is 1. The molecule has 0 atom stereocenters. The van der Waals surface area contributed by atoms with Crippen molar-refractivity contribution in [3.05, 3.63) is 38.9 Å². The number of nitrogens with one attached hydrogen (secondary N) is 1. The molecule has 0 amide bonds. The highest BCUT2D eigenvalue weighted by molar-refractivity contribution is 6.30. The first-order valence-corrected chi connectivity index (χ1v) is 6.24. The van der Waals surface area contributed by atoms with Crippen molar-refractivity contribution < 1.29 is 10.0 Å². The molecule has 0 unspecified atom stereocenters. The molecule has 0 saturated heterocycles. The SMILES string of the molecule is O=[N+]([O-])c1ccc(Cl)cc1CNCC1(O)CCC1. The number of nitrogens with zero attached hydrogens (tertiary/aromatic N) is 1. The zero-order chi connectivity index (χ0) is 13.2. The highest BCUT2D eigenvalue weighted by Gasteiger charge is 2.33. The molecule has 6 heteroatoms.